The van der Waals surface area contributed by atoms with Crippen molar-refractivity contribution in [3.05, 3.63) is 22.8 Å². The number of hydrogen-bond acceptors (Lipinski definition) is 5. The Kier molecular flexibility index (Phi) is 5.71. The first kappa shape index (κ1) is 17.4. The Morgan fingerprint density at radius 3 is 2.61 bits per heavy atom. The first-order valence-electron chi connectivity index (χ1n) is 7.88. The number of amides is 1. The van der Waals surface area contributed by atoms with Crippen LogP contribution in [0.1, 0.15) is 30.5 Å². The lowest BCUT2D eigenvalue weighted by molar-refractivity contribution is 0.0993. The van der Waals surface area contributed by atoms with Crippen LogP contribution in [0.4, 0.5) is 4.79 Å². The van der Waals surface area contributed by atoms with E-state index in [0.717, 1.165) is 41.3 Å². The first-order chi connectivity index (χ1) is 11.1. The normalized spacial score (nSPS) is 16.7. The predicted octanol–water partition coefficient (Wildman–Crippen LogP) is 2.33. The highest BCUT2D eigenvalue weighted by Crippen LogP contribution is 2.39. The summed E-state index contributed by atoms with van der Waals surface area (Å²) in [6.45, 7) is 6.15. The van der Waals surface area contributed by atoms with E-state index in [9.17, 15) is 4.79 Å². The predicted molar refractivity (Wildman–Crippen MR) is 88.0 cm³/mol. The van der Waals surface area contributed by atoms with Crippen LogP contribution in [0.3, 0.4) is 0 Å². The maximum Gasteiger partial charge on any atom is 0.410 e. The van der Waals surface area contributed by atoms with Gasteiger partial charge in [-0.15, -0.1) is 0 Å². The maximum absolute atomic E-state index is 12.0. The lowest BCUT2D eigenvalue weighted by Crippen LogP contribution is -2.42. The molecule has 1 aromatic rings. The smallest absolute Gasteiger partial charge is 0.410 e. The Balaban J connectivity index is 2.49. The fourth-order valence-electron chi connectivity index (χ4n) is 3.10. The second-order valence-electron chi connectivity index (χ2n) is 5.66. The summed E-state index contributed by atoms with van der Waals surface area (Å²) in [5, 5.41) is 3.32. The monoisotopic (exact) mass is 322 g/mol. The molecule has 6 heteroatoms. The molecular weight excluding hydrogens is 296 g/mol. The molecule has 128 valence electrons. The number of ether oxygens (including phenoxy) is 3. The highest BCUT2D eigenvalue weighted by atomic mass is 16.5. The van der Waals surface area contributed by atoms with Gasteiger partial charge >= 0.3 is 6.09 Å². The van der Waals surface area contributed by atoms with Gasteiger partial charge in [0.2, 0.25) is 0 Å². The van der Waals surface area contributed by atoms with Crippen molar-refractivity contribution in [2.45, 2.75) is 39.4 Å². The molecule has 0 aliphatic carbocycles. The van der Waals surface area contributed by atoms with Crippen molar-refractivity contribution < 1.29 is 19.0 Å². The topological polar surface area (TPSA) is 60.0 Å². The van der Waals surface area contributed by atoms with Crippen molar-refractivity contribution in [1.82, 2.24) is 10.2 Å². The molecule has 1 amide bonds. The van der Waals surface area contributed by atoms with Crippen molar-refractivity contribution in [1.29, 1.82) is 0 Å². The second-order valence-corrected chi connectivity index (χ2v) is 5.66. The van der Waals surface area contributed by atoms with Crippen LogP contribution in [-0.4, -0.2) is 44.9 Å². The van der Waals surface area contributed by atoms with Crippen LogP contribution in [0.25, 0.3) is 0 Å². The molecule has 0 bridgehead atoms. The molecule has 2 rings (SSSR count). The largest absolute Gasteiger partial charge is 0.496 e. The van der Waals surface area contributed by atoms with Crippen molar-refractivity contribution in [2.75, 3.05) is 27.9 Å². The molecule has 0 aromatic heterocycles. The van der Waals surface area contributed by atoms with E-state index < -0.39 is 0 Å². The summed E-state index contributed by atoms with van der Waals surface area (Å²) >= 11 is 0. The van der Waals surface area contributed by atoms with E-state index in [2.05, 4.69) is 12.2 Å². The van der Waals surface area contributed by atoms with Gasteiger partial charge in [-0.25, -0.2) is 4.79 Å². The van der Waals surface area contributed by atoms with Gasteiger partial charge in [-0.1, -0.05) is 6.92 Å². The molecular formula is C17H26N2O4. The molecule has 1 aromatic carbocycles. The molecule has 0 spiro atoms. The van der Waals surface area contributed by atoms with Gasteiger partial charge in [0.1, 0.15) is 11.5 Å². The van der Waals surface area contributed by atoms with Gasteiger partial charge in [0.05, 0.1) is 27.9 Å². The van der Waals surface area contributed by atoms with Crippen LogP contribution in [-0.2, 0) is 24.2 Å². The molecule has 23 heavy (non-hydrogen) atoms. The second kappa shape index (κ2) is 7.55. The summed E-state index contributed by atoms with van der Waals surface area (Å²) in [7, 11) is 4.75. The van der Waals surface area contributed by atoms with Crippen molar-refractivity contribution in [3.63, 3.8) is 0 Å². The number of fused-ring (bicyclic) bond motifs is 1. The van der Waals surface area contributed by atoms with Gasteiger partial charge in [0.15, 0.2) is 0 Å². The SMILES string of the molecule is CCNCc1cc(OC)c2c(c1OC)CC(C)N(C(=O)OC)C2. The fourth-order valence-corrected chi connectivity index (χ4v) is 3.10. The summed E-state index contributed by atoms with van der Waals surface area (Å²) in [4.78, 5) is 13.7. The van der Waals surface area contributed by atoms with E-state index in [1.165, 1.54) is 7.11 Å². The van der Waals surface area contributed by atoms with E-state index >= 15 is 0 Å². The van der Waals surface area contributed by atoms with Crippen LogP contribution in [0.5, 0.6) is 11.5 Å². The zero-order valence-electron chi connectivity index (χ0n) is 14.6. The Bertz CT molecular complexity index is 574. The van der Waals surface area contributed by atoms with Crippen LogP contribution in [0.15, 0.2) is 6.07 Å². The number of methoxy groups -OCH3 is 3. The molecule has 0 saturated carbocycles. The molecule has 0 saturated heterocycles. The molecule has 1 aliphatic rings. The van der Waals surface area contributed by atoms with Gasteiger partial charge in [-0.3, -0.25) is 0 Å². The third-order valence-electron chi connectivity index (χ3n) is 4.29. The van der Waals surface area contributed by atoms with Crippen molar-refractivity contribution >= 4 is 6.09 Å². The van der Waals surface area contributed by atoms with Crippen molar-refractivity contribution in [3.8, 4) is 11.5 Å². The zero-order chi connectivity index (χ0) is 17.0. The van der Waals surface area contributed by atoms with Gasteiger partial charge < -0.3 is 24.4 Å². The molecule has 1 N–H and O–H groups in total. The number of carbonyl (C=O) groups is 1. The Labute approximate surface area is 137 Å². The van der Waals surface area contributed by atoms with Crippen LogP contribution < -0.4 is 14.8 Å². The zero-order valence-corrected chi connectivity index (χ0v) is 14.6. The molecule has 1 unspecified atom stereocenters. The molecule has 0 fully saturated rings. The summed E-state index contributed by atoms with van der Waals surface area (Å²) in [6, 6.07) is 2.04. The third-order valence-corrected chi connectivity index (χ3v) is 4.29. The van der Waals surface area contributed by atoms with Gasteiger partial charge in [-0.05, 0) is 26.0 Å². The number of nitrogens with one attached hydrogen (secondary N) is 1. The highest BCUT2D eigenvalue weighted by molar-refractivity contribution is 5.69. The van der Waals surface area contributed by atoms with E-state index in [4.69, 9.17) is 14.2 Å². The molecule has 1 heterocycles. The van der Waals surface area contributed by atoms with E-state index in [-0.39, 0.29) is 12.1 Å². The molecule has 0 radical (unpaired) electrons. The van der Waals surface area contributed by atoms with E-state index in [0.29, 0.717) is 13.0 Å². The number of rotatable bonds is 5. The number of carbonyl (C=O) groups excluding carboxylic acids is 1. The summed E-state index contributed by atoms with van der Waals surface area (Å²) in [5.41, 5.74) is 3.18. The average molecular weight is 322 g/mol. The molecule has 6 nitrogen and oxygen atoms in total. The minimum Gasteiger partial charge on any atom is -0.496 e. The average Bonchev–Trinajstić information content (AvgIpc) is 2.57. The highest BCUT2D eigenvalue weighted by Gasteiger charge is 2.32. The van der Waals surface area contributed by atoms with Gasteiger partial charge in [0.25, 0.3) is 0 Å². The van der Waals surface area contributed by atoms with Crippen LogP contribution >= 0.6 is 0 Å². The van der Waals surface area contributed by atoms with Crippen LogP contribution in [0, 0.1) is 0 Å². The summed E-state index contributed by atoms with van der Waals surface area (Å²) in [6.07, 6.45) is 0.394. The summed E-state index contributed by atoms with van der Waals surface area (Å²) < 4.78 is 16.1. The number of benzene rings is 1. The minimum absolute atomic E-state index is 0.0444. The summed E-state index contributed by atoms with van der Waals surface area (Å²) in [5.74, 6) is 1.67. The molecule has 1 aliphatic heterocycles. The minimum atomic E-state index is -0.319. The van der Waals surface area contributed by atoms with Gasteiger partial charge in [0, 0.05) is 29.3 Å². The van der Waals surface area contributed by atoms with Crippen molar-refractivity contribution in [2.24, 2.45) is 0 Å². The molecule has 1 atom stereocenters. The quantitative estimate of drug-likeness (QED) is 0.901. The van der Waals surface area contributed by atoms with Crippen LogP contribution in [0.2, 0.25) is 0 Å². The standard InChI is InChI=1S/C17H26N2O4/c1-6-18-9-12-8-15(21-3)14-10-19(17(20)23-5)11(2)7-13(14)16(12)22-4/h8,11,18H,6-7,9-10H2,1-5H3. The number of nitrogens with zero attached hydrogens (tertiary/aromatic N) is 1. The first-order valence-corrected chi connectivity index (χ1v) is 7.88. The van der Waals surface area contributed by atoms with E-state index in [1.807, 2.05) is 13.0 Å². The Hall–Kier alpha value is -1.95. The lowest BCUT2D eigenvalue weighted by atomic mass is 9.91. The lowest BCUT2D eigenvalue weighted by Gasteiger charge is -2.35. The third kappa shape index (κ3) is 3.37. The van der Waals surface area contributed by atoms with Gasteiger partial charge in [-0.2, -0.15) is 0 Å². The van der Waals surface area contributed by atoms with E-state index in [1.54, 1.807) is 19.1 Å². The Morgan fingerprint density at radius 2 is 2.04 bits per heavy atom. The fraction of sp³-hybridized carbons (Fsp3) is 0.588. The maximum atomic E-state index is 12.0. The number of hydrogen-bond donors (Lipinski definition) is 1. The Morgan fingerprint density at radius 1 is 1.30 bits per heavy atom.